The summed E-state index contributed by atoms with van der Waals surface area (Å²) in [6.45, 7) is 2.22. The van der Waals surface area contributed by atoms with E-state index in [4.69, 9.17) is 0 Å². The molecule has 0 aliphatic rings. The fourth-order valence-electron chi connectivity index (χ4n) is 2.34. The summed E-state index contributed by atoms with van der Waals surface area (Å²) in [5.74, 6) is 0. The summed E-state index contributed by atoms with van der Waals surface area (Å²) in [5, 5.41) is 8.05. The van der Waals surface area contributed by atoms with E-state index in [1.54, 1.807) is 22.7 Å². The molecule has 1 nitrogen and oxygen atoms in total. The Hall–Kier alpha value is -0.940. The lowest BCUT2D eigenvalue weighted by atomic mass is 10.1. The molecule has 1 atom stereocenters. The van der Waals surface area contributed by atoms with Gasteiger partial charge in [-0.1, -0.05) is 40.2 Å². The van der Waals surface area contributed by atoms with Gasteiger partial charge in [0.15, 0.2) is 0 Å². The first kappa shape index (κ1) is 15.0. The van der Waals surface area contributed by atoms with Crippen LogP contribution in [-0.4, -0.2) is 0 Å². The van der Waals surface area contributed by atoms with E-state index in [2.05, 4.69) is 87.5 Å². The average molecular weight is 378 g/mol. The smallest absolute Gasteiger partial charge is 0.0769 e. The van der Waals surface area contributed by atoms with Crippen LogP contribution in [0.3, 0.4) is 0 Å². The van der Waals surface area contributed by atoms with Gasteiger partial charge in [-0.3, -0.25) is 5.32 Å². The monoisotopic (exact) mass is 377 g/mol. The van der Waals surface area contributed by atoms with Gasteiger partial charge in [-0.2, -0.15) is 0 Å². The zero-order valence-electron chi connectivity index (χ0n) is 11.6. The van der Waals surface area contributed by atoms with Gasteiger partial charge < -0.3 is 0 Å². The molecule has 3 rings (SSSR count). The van der Waals surface area contributed by atoms with Crippen LogP contribution in [0.4, 0.5) is 0 Å². The highest BCUT2D eigenvalue weighted by Gasteiger charge is 2.19. The molecule has 3 aromatic rings. The summed E-state index contributed by atoms with van der Waals surface area (Å²) in [5.41, 5.74) is 1.29. The number of halogens is 1. The van der Waals surface area contributed by atoms with Crippen LogP contribution in [0.1, 0.15) is 34.3 Å². The van der Waals surface area contributed by atoms with Crippen molar-refractivity contribution in [3.63, 3.8) is 0 Å². The van der Waals surface area contributed by atoms with Crippen LogP contribution in [0, 0.1) is 0 Å². The van der Waals surface area contributed by atoms with E-state index in [1.165, 1.54) is 15.3 Å². The molecule has 0 saturated carbocycles. The van der Waals surface area contributed by atoms with E-state index < -0.39 is 0 Å². The van der Waals surface area contributed by atoms with Gasteiger partial charge >= 0.3 is 0 Å². The Morgan fingerprint density at radius 2 is 1.62 bits per heavy atom. The summed E-state index contributed by atoms with van der Waals surface area (Å²) in [4.78, 5) is 2.72. The molecular formula is C17H16BrNS2. The molecule has 1 aromatic carbocycles. The molecule has 0 radical (unpaired) electrons. The topological polar surface area (TPSA) is 12.0 Å². The molecule has 0 aliphatic carbocycles. The molecule has 4 heteroatoms. The summed E-state index contributed by atoms with van der Waals surface area (Å²) < 4.78 is 1.12. The average Bonchev–Trinajstić information content (AvgIpc) is 3.18. The van der Waals surface area contributed by atoms with Crippen LogP contribution >= 0.6 is 38.6 Å². The summed E-state index contributed by atoms with van der Waals surface area (Å²) >= 11 is 7.16. The molecule has 0 aliphatic heterocycles. The molecule has 2 aromatic heterocycles. The fraction of sp³-hybridized carbons (Fsp3) is 0.176. The highest BCUT2D eigenvalue weighted by atomic mass is 79.9. The second-order valence-corrected chi connectivity index (χ2v) is 7.78. The minimum absolute atomic E-state index is 0.263. The van der Waals surface area contributed by atoms with Crippen LogP contribution < -0.4 is 5.32 Å². The predicted octanol–water partition coefficient (Wildman–Crippen LogP) is 6.01. The van der Waals surface area contributed by atoms with E-state index in [-0.39, 0.29) is 12.1 Å². The zero-order chi connectivity index (χ0) is 14.7. The van der Waals surface area contributed by atoms with Crippen LogP contribution in [0.25, 0.3) is 0 Å². The fourth-order valence-corrected chi connectivity index (χ4v) is 4.43. The Morgan fingerprint density at radius 3 is 2.14 bits per heavy atom. The lowest BCUT2D eigenvalue weighted by Gasteiger charge is -2.22. The Labute approximate surface area is 141 Å². The molecule has 0 bridgehead atoms. The van der Waals surface area contributed by atoms with Gasteiger partial charge in [0.25, 0.3) is 0 Å². The van der Waals surface area contributed by atoms with Gasteiger partial charge in [-0.05, 0) is 47.5 Å². The Kier molecular flexibility index (Phi) is 4.91. The predicted molar refractivity (Wildman–Crippen MR) is 96.2 cm³/mol. The molecular weight excluding hydrogens is 362 g/mol. The van der Waals surface area contributed by atoms with E-state index in [9.17, 15) is 0 Å². The van der Waals surface area contributed by atoms with Gasteiger partial charge in [-0.15, -0.1) is 22.7 Å². The summed E-state index contributed by atoms with van der Waals surface area (Å²) in [7, 11) is 0. The quantitative estimate of drug-likeness (QED) is 0.573. The number of rotatable bonds is 5. The zero-order valence-corrected chi connectivity index (χ0v) is 14.8. The maximum Gasteiger partial charge on any atom is 0.0769 e. The van der Waals surface area contributed by atoms with Crippen molar-refractivity contribution in [3.05, 3.63) is 79.1 Å². The van der Waals surface area contributed by atoms with Crippen molar-refractivity contribution in [2.24, 2.45) is 0 Å². The van der Waals surface area contributed by atoms with Crippen molar-refractivity contribution < 1.29 is 0 Å². The lowest BCUT2D eigenvalue weighted by Crippen LogP contribution is -2.24. The number of benzene rings is 1. The standard InChI is InChI=1S/C17H16BrNS2/c1-12(13-5-2-6-14(18)11-13)19-17(15-7-3-9-20-15)16-8-4-10-21-16/h2-12,17,19H,1H3/t12-/m0/s1. The van der Waals surface area contributed by atoms with Gasteiger partial charge in [0.05, 0.1) is 6.04 Å². The third-order valence-electron chi connectivity index (χ3n) is 3.42. The molecule has 0 unspecified atom stereocenters. The maximum atomic E-state index is 3.77. The van der Waals surface area contributed by atoms with E-state index in [1.807, 2.05) is 0 Å². The SMILES string of the molecule is C[C@H](NC(c1cccs1)c1cccs1)c1cccc(Br)c1. The number of hydrogen-bond acceptors (Lipinski definition) is 3. The van der Waals surface area contributed by atoms with Crippen molar-refractivity contribution >= 4 is 38.6 Å². The Balaban J connectivity index is 1.85. The van der Waals surface area contributed by atoms with Crippen molar-refractivity contribution in [2.45, 2.75) is 19.0 Å². The second kappa shape index (κ2) is 6.88. The molecule has 21 heavy (non-hydrogen) atoms. The van der Waals surface area contributed by atoms with Crippen LogP contribution in [0.15, 0.2) is 63.8 Å². The first-order chi connectivity index (χ1) is 10.2. The molecule has 1 N–H and O–H groups in total. The highest BCUT2D eigenvalue weighted by Crippen LogP contribution is 2.31. The number of nitrogens with one attached hydrogen (secondary N) is 1. The van der Waals surface area contributed by atoms with Crippen molar-refractivity contribution in [2.75, 3.05) is 0 Å². The lowest BCUT2D eigenvalue weighted by molar-refractivity contribution is 0.526. The Bertz CT molecular complexity index is 642. The van der Waals surface area contributed by atoms with Crippen molar-refractivity contribution in [1.29, 1.82) is 0 Å². The minimum Gasteiger partial charge on any atom is -0.298 e. The van der Waals surface area contributed by atoms with E-state index in [0.29, 0.717) is 0 Å². The third-order valence-corrected chi connectivity index (χ3v) is 5.79. The van der Waals surface area contributed by atoms with Gasteiger partial charge in [0, 0.05) is 20.3 Å². The van der Waals surface area contributed by atoms with Gasteiger partial charge in [0.1, 0.15) is 0 Å². The largest absolute Gasteiger partial charge is 0.298 e. The normalized spacial score (nSPS) is 12.7. The van der Waals surface area contributed by atoms with Crippen molar-refractivity contribution in [3.8, 4) is 0 Å². The first-order valence-corrected chi connectivity index (χ1v) is 9.37. The van der Waals surface area contributed by atoms with E-state index in [0.717, 1.165) is 4.47 Å². The molecule has 0 amide bonds. The number of thiophene rings is 2. The van der Waals surface area contributed by atoms with E-state index >= 15 is 0 Å². The highest BCUT2D eigenvalue weighted by molar-refractivity contribution is 9.10. The summed E-state index contributed by atoms with van der Waals surface area (Å²) in [6, 6.07) is 17.7. The minimum atomic E-state index is 0.263. The van der Waals surface area contributed by atoms with Crippen LogP contribution in [-0.2, 0) is 0 Å². The maximum absolute atomic E-state index is 3.77. The molecule has 0 fully saturated rings. The first-order valence-electron chi connectivity index (χ1n) is 6.82. The van der Waals surface area contributed by atoms with Crippen LogP contribution in [0.2, 0.25) is 0 Å². The molecule has 108 valence electrons. The van der Waals surface area contributed by atoms with Gasteiger partial charge in [0.2, 0.25) is 0 Å². The molecule has 0 spiro atoms. The Morgan fingerprint density at radius 1 is 0.952 bits per heavy atom. The van der Waals surface area contributed by atoms with Crippen molar-refractivity contribution in [1.82, 2.24) is 5.32 Å². The number of hydrogen-bond donors (Lipinski definition) is 1. The molecule has 2 heterocycles. The van der Waals surface area contributed by atoms with Crippen LogP contribution in [0.5, 0.6) is 0 Å². The molecule has 0 saturated heterocycles. The van der Waals surface area contributed by atoms with Gasteiger partial charge in [-0.25, -0.2) is 0 Å². The third kappa shape index (κ3) is 3.64. The second-order valence-electron chi connectivity index (χ2n) is 4.91. The summed E-state index contributed by atoms with van der Waals surface area (Å²) in [6.07, 6.45) is 0.